The predicted molar refractivity (Wildman–Crippen MR) is 58.3 cm³/mol. The van der Waals surface area contributed by atoms with E-state index in [1.165, 1.54) is 5.56 Å². The lowest BCUT2D eigenvalue weighted by atomic mass is 10.1. The number of Topliss-reactive ketones (excluding diaryl/α,β-unsaturated/α-hetero) is 1. The summed E-state index contributed by atoms with van der Waals surface area (Å²) in [4.78, 5) is 11.4. The molecule has 0 spiro atoms. The molecule has 1 rings (SSSR count). The number of halogens is 1. The lowest BCUT2D eigenvalue weighted by Crippen LogP contribution is -1.97. The Morgan fingerprint density at radius 2 is 1.92 bits per heavy atom. The summed E-state index contributed by atoms with van der Waals surface area (Å²) in [6.45, 7) is 2.02. The van der Waals surface area contributed by atoms with Crippen LogP contribution in [0.25, 0.3) is 0 Å². The van der Waals surface area contributed by atoms with Gasteiger partial charge < -0.3 is 0 Å². The van der Waals surface area contributed by atoms with Crippen LogP contribution in [0.2, 0.25) is 0 Å². The van der Waals surface area contributed by atoms with E-state index in [2.05, 4.69) is 15.9 Å². The maximum atomic E-state index is 11.4. The third-order valence-corrected chi connectivity index (χ3v) is 2.55. The normalized spacial score (nSPS) is 10.0. The van der Waals surface area contributed by atoms with Gasteiger partial charge in [-0.3, -0.25) is 4.79 Å². The molecule has 0 aliphatic rings. The van der Waals surface area contributed by atoms with Crippen molar-refractivity contribution in [3.63, 3.8) is 0 Å². The van der Waals surface area contributed by atoms with Crippen molar-refractivity contribution in [2.45, 2.75) is 25.1 Å². The van der Waals surface area contributed by atoms with E-state index < -0.39 is 0 Å². The van der Waals surface area contributed by atoms with Gasteiger partial charge in [-0.2, -0.15) is 0 Å². The zero-order valence-electron chi connectivity index (χ0n) is 7.72. The van der Waals surface area contributed by atoms with Gasteiger partial charge in [-0.15, -0.1) is 0 Å². The van der Waals surface area contributed by atoms with Crippen LogP contribution in [-0.4, -0.2) is 5.78 Å². The van der Waals surface area contributed by atoms with Crippen molar-refractivity contribution in [2.75, 3.05) is 0 Å². The average molecular weight is 241 g/mol. The van der Waals surface area contributed by atoms with E-state index in [-0.39, 0.29) is 5.78 Å². The summed E-state index contributed by atoms with van der Waals surface area (Å²) < 4.78 is 0. The summed E-state index contributed by atoms with van der Waals surface area (Å²) >= 11 is 3.36. The minimum Gasteiger partial charge on any atom is -0.294 e. The molecular formula is C11H13BrO. The molecule has 0 unspecified atom stereocenters. The molecule has 0 amide bonds. The van der Waals surface area contributed by atoms with Crippen molar-refractivity contribution in [1.82, 2.24) is 0 Å². The maximum absolute atomic E-state index is 11.4. The molecule has 13 heavy (non-hydrogen) atoms. The Balaban J connectivity index is 2.74. The van der Waals surface area contributed by atoms with Gasteiger partial charge in [-0.25, -0.2) is 0 Å². The minimum atomic E-state index is 0.239. The van der Waals surface area contributed by atoms with Gasteiger partial charge in [0.25, 0.3) is 0 Å². The summed E-state index contributed by atoms with van der Waals surface area (Å²) in [7, 11) is 0. The zero-order valence-corrected chi connectivity index (χ0v) is 9.30. The Kier molecular flexibility index (Phi) is 4.16. The molecule has 0 atom stereocenters. The van der Waals surface area contributed by atoms with Crippen LogP contribution in [0.3, 0.4) is 0 Å². The highest BCUT2D eigenvalue weighted by molar-refractivity contribution is 9.08. The molecule has 0 fully saturated rings. The molecule has 0 radical (unpaired) electrons. The highest BCUT2D eigenvalue weighted by atomic mass is 79.9. The summed E-state index contributed by atoms with van der Waals surface area (Å²) in [6.07, 6.45) is 1.56. The van der Waals surface area contributed by atoms with Crippen LogP contribution in [0.4, 0.5) is 0 Å². The molecule has 0 bridgehead atoms. The van der Waals surface area contributed by atoms with Crippen molar-refractivity contribution < 1.29 is 4.79 Å². The lowest BCUT2D eigenvalue weighted by Gasteiger charge is -1.99. The van der Waals surface area contributed by atoms with Crippen molar-refractivity contribution in [3.8, 4) is 0 Å². The Labute approximate surface area is 87.3 Å². The first kappa shape index (κ1) is 10.5. The minimum absolute atomic E-state index is 0.239. The fourth-order valence-corrected chi connectivity index (χ4v) is 1.52. The Morgan fingerprint density at radius 1 is 1.31 bits per heavy atom. The molecule has 0 saturated heterocycles. The second-order valence-corrected chi connectivity index (χ2v) is 3.56. The van der Waals surface area contributed by atoms with Gasteiger partial charge in [0.1, 0.15) is 0 Å². The van der Waals surface area contributed by atoms with Crippen LogP contribution in [0.1, 0.15) is 35.7 Å². The number of hydrogen-bond acceptors (Lipinski definition) is 1. The second-order valence-electron chi connectivity index (χ2n) is 3.00. The molecule has 0 aromatic heterocycles. The monoisotopic (exact) mass is 240 g/mol. The van der Waals surface area contributed by atoms with E-state index in [1.54, 1.807) is 0 Å². The molecule has 2 heteroatoms. The number of alkyl halides is 1. The summed E-state index contributed by atoms with van der Waals surface area (Å²) in [5, 5.41) is 0.843. The summed E-state index contributed by atoms with van der Waals surface area (Å²) in [6, 6.07) is 7.76. The van der Waals surface area contributed by atoms with Gasteiger partial charge in [0, 0.05) is 17.3 Å². The van der Waals surface area contributed by atoms with E-state index >= 15 is 0 Å². The zero-order chi connectivity index (χ0) is 9.68. The van der Waals surface area contributed by atoms with Gasteiger partial charge in [-0.1, -0.05) is 47.1 Å². The van der Waals surface area contributed by atoms with Crippen LogP contribution >= 0.6 is 15.9 Å². The van der Waals surface area contributed by atoms with Crippen LogP contribution in [0.5, 0.6) is 0 Å². The van der Waals surface area contributed by atoms with Gasteiger partial charge in [-0.05, 0) is 12.0 Å². The molecule has 1 nitrogen and oxygen atoms in total. The Bertz CT molecular complexity index is 277. The highest BCUT2D eigenvalue weighted by Gasteiger charge is 2.02. The van der Waals surface area contributed by atoms with Crippen LogP contribution in [0.15, 0.2) is 24.3 Å². The Morgan fingerprint density at radius 3 is 2.38 bits per heavy atom. The quantitative estimate of drug-likeness (QED) is 0.581. The molecule has 0 aliphatic carbocycles. The number of benzene rings is 1. The van der Waals surface area contributed by atoms with Crippen molar-refractivity contribution in [3.05, 3.63) is 35.4 Å². The molecule has 0 N–H and O–H groups in total. The number of hydrogen-bond donors (Lipinski definition) is 0. The van der Waals surface area contributed by atoms with Crippen molar-refractivity contribution >= 4 is 21.7 Å². The van der Waals surface area contributed by atoms with Crippen molar-refractivity contribution in [2.24, 2.45) is 0 Å². The van der Waals surface area contributed by atoms with E-state index in [0.717, 1.165) is 17.3 Å². The fraction of sp³-hybridized carbons (Fsp3) is 0.364. The number of carbonyl (C=O) groups excluding carboxylic acids is 1. The second kappa shape index (κ2) is 5.18. The van der Waals surface area contributed by atoms with Crippen molar-refractivity contribution in [1.29, 1.82) is 0 Å². The molecule has 0 saturated carbocycles. The highest BCUT2D eigenvalue weighted by Crippen LogP contribution is 2.10. The third kappa shape index (κ3) is 2.96. The lowest BCUT2D eigenvalue weighted by molar-refractivity contribution is 0.0982. The summed E-state index contributed by atoms with van der Waals surface area (Å²) in [5.74, 6) is 0.239. The van der Waals surface area contributed by atoms with Gasteiger partial charge in [0.05, 0.1) is 0 Å². The van der Waals surface area contributed by atoms with Crippen LogP contribution < -0.4 is 0 Å². The average Bonchev–Trinajstić information content (AvgIpc) is 2.18. The van der Waals surface area contributed by atoms with Gasteiger partial charge >= 0.3 is 0 Å². The number of carbonyl (C=O) groups is 1. The maximum Gasteiger partial charge on any atom is 0.162 e. The number of ketones is 1. The largest absolute Gasteiger partial charge is 0.294 e. The first-order chi connectivity index (χ1) is 6.27. The molecule has 0 heterocycles. The summed E-state index contributed by atoms with van der Waals surface area (Å²) in [5.41, 5.74) is 2.03. The van der Waals surface area contributed by atoms with Crippen LogP contribution in [-0.2, 0) is 5.33 Å². The Hall–Kier alpha value is -0.630. The molecule has 1 aromatic rings. The first-order valence-corrected chi connectivity index (χ1v) is 5.58. The molecule has 1 aromatic carbocycles. The topological polar surface area (TPSA) is 17.1 Å². The first-order valence-electron chi connectivity index (χ1n) is 4.46. The van der Waals surface area contributed by atoms with Crippen LogP contribution in [0, 0.1) is 0 Å². The third-order valence-electron chi connectivity index (χ3n) is 1.91. The molecular weight excluding hydrogens is 228 g/mol. The molecule has 70 valence electrons. The smallest absolute Gasteiger partial charge is 0.162 e. The van der Waals surface area contributed by atoms with E-state index in [4.69, 9.17) is 0 Å². The van der Waals surface area contributed by atoms with E-state index in [9.17, 15) is 4.79 Å². The SMILES string of the molecule is CCCC(=O)c1ccc(CBr)cc1. The standard InChI is InChI=1S/C11H13BrO/c1-2-3-11(13)10-6-4-9(8-12)5-7-10/h4-7H,2-3,8H2,1H3. The molecule has 0 aliphatic heterocycles. The van der Waals surface area contributed by atoms with E-state index in [0.29, 0.717) is 6.42 Å². The predicted octanol–water partition coefficient (Wildman–Crippen LogP) is 3.56. The van der Waals surface area contributed by atoms with Gasteiger partial charge in [0.15, 0.2) is 5.78 Å². The van der Waals surface area contributed by atoms with Gasteiger partial charge in [0.2, 0.25) is 0 Å². The fourth-order valence-electron chi connectivity index (χ4n) is 1.15. The number of rotatable bonds is 4. The van der Waals surface area contributed by atoms with E-state index in [1.807, 2.05) is 31.2 Å².